The van der Waals surface area contributed by atoms with E-state index in [0.29, 0.717) is 6.54 Å². The number of thioether (sulfide) groups is 1. The number of hydrogen-bond donors (Lipinski definition) is 1. The molecule has 0 bridgehead atoms. The Bertz CT molecular complexity index is 283. The summed E-state index contributed by atoms with van der Waals surface area (Å²) >= 11 is 1.86. The molecular weight excluding hydrogens is 272 g/mol. The van der Waals surface area contributed by atoms with Crippen molar-refractivity contribution in [2.75, 3.05) is 31.6 Å². The maximum atomic E-state index is 12.2. The van der Waals surface area contributed by atoms with Crippen LogP contribution in [-0.2, 0) is 4.74 Å². The summed E-state index contributed by atoms with van der Waals surface area (Å²) in [6.45, 7) is 14.2. The normalized spacial score (nSPS) is 12.3. The van der Waals surface area contributed by atoms with E-state index in [1.807, 2.05) is 53.3 Å². The van der Waals surface area contributed by atoms with Crippen molar-refractivity contribution in [1.29, 1.82) is 0 Å². The molecule has 0 rings (SSSR count). The number of nitrogens with one attached hydrogen (secondary N) is 1. The zero-order valence-electron chi connectivity index (χ0n) is 14.2. The van der Waals surface area contributed by atoms with Crippen molar-refractivity contribution in [3.05, 3.63) is 0 Å². The highest BCUT2D eigenvalue weighted by atomic mass is 32.2. The largest absolute Gasteiger partial charge is 0.444 e. The fourth-order valence-corrected chi connectivity index (χ4v) is 2.11. The standard InChI is InChI=1S/C15H32N2O2S/c1-14(2,3)17(13(18)19-15(4,5)6)11-10-16-9-8-12-20-7/h16H,8-12H2,1-7H3. The maximum Gasteiger partial charge on any atom is 0.410 e. The first-order valence-corrected chi connectivity index (χ1v) is 8.67. The lowest BCUT2D eigenvalue weighted by Crippen LogP contribution is -2.50. The van der Waals surface area contributed by atoms with Gasteiger partial charge in [-0.25, -0.2) is 4.79 Å². The molecule has 0 aromatic rings. The lowest BCUT2D eigenvalue weighted by molar-refractivity contribution is 0.00666. The summed E-state index contributed by atoms with van der Waals surface area (Å²) in [6, 6.07) is 0. The minimum absolute atomic E-state index is 0.233. The molecule has 0 fully saturated rings. The van der Waals surface area contributed by atoms with Gasteiger partial charge in [-0.15, -0.1) is 0 Å². The second-order valence-corrected chi connectivity index (χ2v) is 7.88. The lowest BCUT2D eigenvalue weighted by Gasteiger charge is -2.36. The third kappa shape index (κ3) is 9.48. The molecule has 0 heterocycles. The quantitative estimate of drug-likeness (QED) is 0.732. The maximum absolute atomic E-state index is 12.2. The van der Waals surface area contributed by atoms with Crippen LogP contribution in [0.4, 0.5) is 4.79 Å². The second kappa shape index (κ2) is 8.78. The van der Waals surface area contributed by atoms with Crippen LogP contribution in [0, 0.1) is 0 Å². The summed E-state index contributed by atoms with van der Waals surface area (Å²) in [5.41, 5.74) is -0.685. The van der Waals surface area contributed by atoms with Gasteiger partial charge in [-0.05, 0) is 66.5 Å². The van der Waals surface area contributed by atoms with Gasteiger partial charge in [0.15, 0.2) is 0 Å². The van der Waals surface area contributed by atoms with E-state index in [9.17, 15) is 4.79 Å². The van der Waals surface area contributed by atoms with E-state index in [0.717, 1.165) is 19.5 Å². The topological polar surface area (TPSA) is 41.6 Å². The predicted molar refractivity (Wildman–Crippen MR) is 88.6 cm³/mol. The molecule has 0 saturated heterocycles. The van der Waals surface area contributed by atoms with Crippen molar-refractivity contribution >= 4 is 17.9 Å². The number of ether oxygens (including phenoxy) is 1. The van der Waals surface area contributed by atoms with Crippen molar-refractivity contribution in [2.45, 2.75) is 59.1 Å². The SMILES string of the molecule is CSCCCNCCN(C(=O)OC(C)(C)C)C(C)(C)C. The minimum atomic E-state index is -0.452. The molecule has 0 spiro atoms. The van der Waals surface area contributed by atoms with Crippen LogP contribution in [0.25, 0.3) is 0 Å². The highest BCUT2D eigenvalue weighted by molar-refractivity contribution is 7.98. The molecule has 0 unspecified atom stereocenters. The van der Waals surface area contributed by atoms with Crippen LogP contribution in [0.1, 0.15) is 48.0 Å². The molecule has 4 nitrogen and oxygen atoms in total. The molecule has 0 aliphatic heterocycles. The molecule has 120 valence electrons. The molecule has 0 radical (unpaired) electrons. The van der Waals surface area contributed by atoms with Gasteiger partial charge in [0.05, 0.1) is 0 Å². The third-order valence-electron chi connectivity index (χ3n) is 2.64. The van der Waals surface area contributed by atoms with Gasteiger partial charge >= 0.3 is 6.09 Å². The van der Waals surface area contributed by atoms with E-state index < -0.39 is 5.60 Å². The molecular formula is C15H32N2O2S. The Morgan fingerprint density at radius 1 is 1.15 bits per heavy atom. The number of rotatable bonds is 7. The summed E-state index contributed by atoms with van der Waals surface area (Å²) in [6.07, 6.45) is 3.03. The Balaban J connectivity index is 4.27. The molecule has 5 heteroatoms. The molecule has 0 aliphatic carbocycles. The van der Waals surface area contributed by atoms with Gasteiger partial charge in [0.2, 0.25) is 0 Å². The van der Waals surface area contributed by atoms with Crippen molar-refractivity contribution < 1.29 is 9.53 Å². The van der Waals surface area contributed by atoms with Gasteiger partial charge in [0.1, 0.15) is 5.60 Å². The Kier molecular flexibility index (Phi) is 8.59. The minimum Gasteiger partial charge on any atom is -0.444 e. The average molecular weight is 305 g/mol. The van der Waals surface area contributed by atoms with Crippen molar-refractivity contribution in [1.82, 2.24) is 10.2 Å². The van der Waals surface area contributed by atoms with Crippen molar-refractivity contribution in [3.63, 3.8) is 0 Å². The highest BCUT2D eigenvalue weighted by Gasteiger charge is 2.30. The monoisotopic (exact) mass is 304 g/mol. The number of carbonyl (C=O) groups is 1. The zero-order valence-corrected chi connectivity index (χ0v) is 15.0. The second-order valence-electron chi connectivity index (χ2n) is 6.90. The van der Waals surface area contributed by atoms with Crippen molar-refractivity contribution in [3.8, 4) is 0 Å². The number of nitrogens with zero attached hydrogens (tertiary/aromatic N) is 1. The van der Waals surface area contributed by atoms with Crippen LogP contribution in [0.15, 0.2) is 0 Å². The van der Waals surface area contributed by atoms with Gasteiger partial charge in [0.25, 0.3) is 0 Å². The molecule has 1 amide bonds. The number of carbonyl (C=O) groups excluding carboxylic acids is 1. The van der Waals surface area contributed by atoms with E-state index in [2.05, 4.69) is 11.6 Å². The first-order chi connectivity index (χ1) is 9.08. The average Bonchev–Trinajstić information content (AvgIpc) is 2.23. The van der Waals surface area contributed by atoms with Gasteiger partial charge in [0, 0.05) is 18.6 Å². The predicted octanol–water partition coefficient (Wildman–Crippen LogP) is 3.36. The molecule has 0 atom stereocenters. The molecule has 20 heavy (non-hydrogen) atoms. The fourth-order valence-electron chi connectivity index (χ4n) is 1.67. The first-order valence-electron chi connectivity index (χ1n) is 7.28. The van der Waals surface area contributed by atoms with Crippen LogP contribution < -0.4 is 5.32 Å². The van der Waals surface area contributed by atoms with Crippen LogP contribution >= 0.6 is 11.8 Å². The third-order valence-corrected chi connectivity index (χ3v) is 3.33. The Morgan fingerprint density at radius 2 is 1.75 bits per heavy atom. The Morgan fingerprint density at radius 3 is 2.20 bits per heavy atom. The number of hydrogen-bond acceptors (Lipinski definition) is 4. The smallest absolute Gasteiger partial charge is 0.410 e. The number of amides is 1. The molecule has 1 N–H and O–H groups in total. The van der Waals surface area contributed by atoms with E-state index in [1.165, 1.54) is 5.75 Å². The summed E-state index contributed by atoms with van der Waals surface area (Å²) < 4.78 is 5.48. The lowest BCUT2D eigenvalue weighted by atomic mass is 10.1. The Labute approximate surface area is 129 Å². The molecule has 0 saturated carbocycles. The van der Waals surface area contributed by atoms with Gasteiger partial charge in [-0.1, -0.05) is 0 Å². The van der Waals surface area contributed by atoms with Crippen molar-refractivity contribution in [2.24, 2.45) is 0 Å². The summed E-state index contributed by atoms with van der Waals surface area (Å²) in [5.74, 6) is 1.17. The first kappa shape index (κ1) is 19.6. The fraction of sp³-hybridized carbons (Fsp3) is 0.933. The van der Waals surface area contributed by atoms with Crippen LogP contribution in [-0.4, -0.2) is 53.8 Å². The Hall–Kier alpha value is -0.420. The van der Waals surface area contributed by atoms with Crippen LogP contribution in [0.2, 0.25) is 0 Å². The van der Waals surface area contributed by atoms with E-state index in [1.54, 1.807) is 4.90 Å². The van der Waals surface area contributed by atoms with E-state index in [-0.39, 0.29) is 11.6 Å². The zero-order chi connectivity index (χ0) is 15.8. The van der Waals surface area contributed by atoms with E-state index >= 15 is 0 Å². The molecule has 0 aromatic heterocycles. The molecule has 0 aliphatic rings. The highest BCUT2D eigenvalue weighted by Crippen LogP contribution is 2.17. The van der Waals surface area contributed by atoms with Gasteiger partial charge in [-0.3, -0.25) is 0 Å². The van der Waals surface area contributed by atoms with Crippen LogP contribution in [0.3, 0.4) is 0 Å². The summed E-state index contributed by atoms with van der Waals surface area (Å²) in [7, 11) is 0. The summed E-state index contributed by atoms with van der Waals surface area (Å²) in [5, 5.41) is 3.38. The van der Waals surface area contributed by atoms with E-state index in [4.69, 9.17) is 4.74 Å². The summed E-state index contributed by atoms with van der Waals surface area (Å²) in [4.78, 5) is 14.0. The molecule has 0 aromatic carbocycles. The van der Waals surface area contributed by atoms with Gasteiger partial charge < -0.3 is 15.0 Å². The van der Waals surface area contributed by atoms with Gasteiger partial charge in [-0.2, -0.15) is 11.8 Å². The van der Waals surface area contributed by atoms with Crippen LogP contribution in [0.5, 0.6) is 0 Å².